The lowest BCUT2D eigenvalue weighted by molar-refractivity contribution is -0.128. The Balaban J connectivity index is 1.48. The highest BCUT2D eigenvalue weighted by Gasteiger charge is 2.22. The lowest BCUT2D eigenvalue weighted by Gasteiger charge is -2.20. The second kappa shape index (κ2) is 8.14. The van der Waals surface area contributed by atoms with E-state index in [0.29, 0.717) is 18.5 Å². The van der Waals surface area contributed by atoms with Crippen LogP contribution in [0.4, 0.5) is 0 Å². The minimum Gasteiger partial charge on any atom is -0.338 e. The van der Waals surface area contributed by atoms with Crippen LogP contribution in [0.3, 0.4) is 0 Å². The van der Waals surface area contributed by atoms with Crippen LogP contribution in [-0.2, 0) is 16.1 Å². The predicted octanol–water partition coefficient (Wildman–Crippen LogP) is 2.15. The third-order valence-corrected chi connectivity index (χ3v) is 5.04. The van der Waals surface area contributed by atoms with Gasteiger partial charge in [0.2, 0.25) is 11.8 Å². The highest BCUT2D eigenvalue weighted by Crippen LogP contribution is 2.23. The Hall–Kier alpha value is -2.37. The number of benzene rings is 1. The highest BCUT2D eigenvalue weighted by molar-refractivity contribution is 5.95. The van der Waals surface area contributed by atoms with Crippen LogP contribution in [0.25, 0.3) is 0 Å². The molecule has 1 aliphatic carbocycles. The Morgan fingerprint density at radius 1 is 1.00 bits per heavy atom. The average Bonchev–Trinajstić information content (AvgIpc) is 3.05. The van der Waals surface area contributed by atoms with Crippen LogP contribution in [0.1, 0.15) is 60.9 Å². The minimum absolute atomic E-state index is 0.00873. The van der Waals surface area contributed by atoms with Crippen LogP contribution in [0.2, 0.25) is 0 Å². The van der Waals surface area contributed by atoms with Crippen LogP contribution in [0, 0.1) is 5.92 Å². The molecule has 1 aromatic carbocycles. The largest absolute Gasteiger partial charge is 0.338 e. The average molecular weight is 343 g/mol. The van der Waals surface area contributed by atoms with E-state index >= 15 is 0 Å². The number of rotatable bonds is 4. The summed E-state index contributed by atoms with van der Waals surface area (Å²) in [5, 5.41) is 0. The molecule has 2 fully saturated rings. The van der Waals surface area contributed by atoms with Crippen LogP contribution in [-0.4, -0.2) is 29.2 Å². The van der Waals surface area contributed by atoms with Crippen molar-refractivity contribution in [3.8, 4) is 0 Å². The molecule has 0 aromatic heterocycles. The molecule has 6 heteroatoms. The lowest BCUT2D eigenvalue weighted by Crippen LogP contribution is -2.44. The molecule has 2 N–H and O–H groups in total. The van der Waals surface area contributed by atoms with Crippen LogP contribution in [0.15, 0.2) is 24.3 Å². The maximum Gasteiger partial charge on any atom is 0.269 e. The smallest absolute Gasteiger partial charge is 0.269 e. The molecule has 1 saturated heterocycles. The van der Waals surface area contributed by atoms with E-state index in [-0.39, 0.29) is 23.6 Å². The Labute approximate surface area is 147 Å². The summed E-state index contributed by atoms with van der Waals surface area (Å²) in [6.07, 6.45) is 6.67. The van der Waals surface area contributed by atoms with Crippen molar-refractivity contribution >= 4 is 17.7 Å². The molecule has 0 unspecified atom stereocenters. The first-order chi connectivity index (χ1) is 12.1. The van der Waals surface area contributed by atoms with Crippen molar-refractivity contribution < 1.29 is 14.4 Å². The molecular formula is C19H25N3O3. The zero-order valence-corrected chi connectivity index (χ0v) is 14.4. The summed E-state index contributed by atoms with van der Waals surface area (Å²) < 4.78 is 0. The van der Waals surface area contributed by atoms with Gasteiger partial charge in [0.15, 0.2) is 0 Å². The molecule has 1 heterocycles. The zero-order valence-electron chi connectivity index (χ0n) is 14.4. The van der Waals surface area contributed by atoms with E-state index in [1.807, 2.05) is 17.0 Å². The first-order valence-corrected chi connectivity index (χ1v) is 9.10. The number of hydrogen-bond acceptors (Lipinski definition) is 3. The maximum atomic E-state index is 12.1. The van der Waals surface area contributed by atoms with Gasteiger partial charge in [0, 0.05) is 31.0 Å². The molecule has 3 rings (SSSR count). The molecule has 3 amide bonds. The summed E-state index contributed by atoms with van der Waals surface area (Å²) in [6, 6.07) is 7.14. The molecule has 0 bridgehead atoms. The van der Waals surface area contributed by atoms with Crippen molar-refractivity contribution in [2.75, 3.05) is 6.54 Å². The zero-order chi connectivity index (χ0) is 17.6. The quantitative estimate of drug-likeness (QED) is 0.822. The molecule has 1 aliphatic heterocycles. The van der Waals surface area contributed by atoms with Crippen LogP contribution < -0.4 is 10.9 Å². The molecule has 1 saturated carbocycles. The fourth-order valence-electron chi connectivity index (χ4n) is 3.51. The maximum absolute atomic E-state index is 12.1. The minimum atomic E-state index is -0.326. The summed E-state index contributed by atoms with van der Waals surface area (Å²) in [5.41, 5.74) is 6.52. The van der Waals surface area contributed by atoms with E-state index in [4.69, 9.17) is 0 Å². The number of hydrazine groups is 1. The van der Waals surface area contributed by atoms with E-state index in [2.05, 4.69) is 10.9 Å². The Kier molecular flexibility index (Phi) is 5.68. The number of hydrogen-bond donors (Lipinski definition) is 2. The van der Waals surface area contributed by atoms with E-state index in [1.165, 1.54) is 6.42 Å². The summed E-state index contributed by atoms with van der Waals surface area (Å²) in [5.74, 6) is -0.230. The van der Waals surface area contributed by atoms with Gasteiger partial charge in [-0.15, -0.1) is 0 Å². The number of nitrogens with one attached hydrogen (secondary N) is 2. The van der Waals surface area contributed by atoms with Crippen molar-refractivity contribution in [2.45, 2.75) is 51.5 Å². The van der Waals surface area contributed by atoms with Crippen molar-refractivity contribution in [3.63, 3.8) is 0 Å². The molecular weight excluding hydrogens is 318 g/mol. The van der Waals surface area contributed by atoms with Gasteiger partial charge in [-0.2, -0.15) is 0 Å². The number of carbonyl (C=O) groups is 3. The van der Waals surface area contributed by atoms with Gasteiger partial charge in [-0.05, 0) is 37.0 Å². The number of carbonyl (C=O) groups excluding carboxylic acids is 3. The standard InChI is InChI=1S/C19H25N3O3/c23-17-7-4-12-22(17)13-14-8-10-16(11-9-14)19(25)21-20-18(24)15-5-2-1-3-6-15/h8-11,15H,1-7,12-13H2,(H,20,24)(H,21,25). The summed E-state index contributed by atoms with van der Waals surface area (Å²) >= 11 is 0. The van der Waals surface area contributed by atoms with Crippen molar-refractivity contribution in [1.29, 1.82) is 0 Å². The molecule has 0 atom stereocenters. The fraction of sp³-hybridized carbons (Fsp3) is 0.526. The van der Waals surface area contributed by atoms with Crippen molar-refractivity contribution in [2.24, 2.45) is 5.92 Å². The van der Waals surface area contributed by atoms with Gasteiger partial charge in [-0.25, -0.2) is 0 Å². The van der Waals surface area contributed by atoms with E-state index < -0.39 is 0 Å². The van der Waals surface area contributed by atoms with Gasteiger partial charge in [0.1, 0.15) is 0 Å². The molecule has 1 aromatic rings. The van der Waals surface area contributed by atoms with Gasteiger partial charge >= 0.3 is 0 Å². The summed E-state index contributed by atoms with van der Waals surface area (Å²) in [7, 11) is 0. The third kappa shape index (κ3) is 4.59. The molecule has 134 valence electrons. The van der Waals surface area contributed by atoms with Gasteiger partial charge in [-0.1, -0.05) is 31.4 Å². The second-order valence-electron chi connectivity index (χ2n) is 6.89. The van der Waals surface area contributed by atoms with Crippen molar-refractivity contribution in [3.05, 3.63) is 35.4 Å². The predicted molar refractivity (Wildman–Crippen MR) is 93.3 cm³/mol. The summed E-state index contributed by atoms with van der Waals surface area (Å²) in [6.45, 7) is 1.38. The Bertz CT molecular complexity index is 636. The second-order valence-corrected chi connectivity index (χ2v) is 6.89. The normalized spacial score (nSPS) is 18.2. The molecule has 6 nitrogen and oxygen atoms in total. The fourth-order valence-corrected chi connectivity index (χ4v) is 3.51. The van der Waals surface area contributed by atoms with Gasteiger partial charge in [0.05, 0.1) is 0 Å². The number of likely N-dealkylation sites (tertiary alicyclic amines) is 1. The van der Waals surface area contributed by atoms with E-state index in [0.717, 1.165) is 44.2 Å². The van der Waals surface area contributed by atoms with Gasteiger partial charge in [-0.3, -0.25) is 25.2 Å². The first kappa shape index (κ1) is 17.5. The Morgan fingerprint density at radius 2 is 1.72 bits per heavy atom. The van der Waals surface area contributed by atoms with Gasteiger partial charge in [0.25, 0.3) is 5.91 Å². The summed E-state index contributed by atoms with van der Waals surface area (Å²) in [4.78, 5) is 37.7. The lowest BCUT2D eigenvalue weighted by atomic mass is 9.89. The van der Waals surface area contributed by atoms with Gasteiger partial charge < -0.3 is 4.90 Å². The van der Waals surface area contributed by atoms with Crippen molar-refractivity contribution in [1.82, 2.24) is 15.8 Å². The van der Waals surface area contributed by atoms with E-state index in [1.54, 1.807) is 12.1 Å². The Morgan fingerprint density at radius 3 is 2.36 bits per heavy atom. The molecule has 2 aliphatic rings. The number of nitrogens with zero attached hydrogens (tertiary/aromatic N) is 1. The topological polar surface area (TPSA) is 78.5 Å². The first-order valence-electron chi connectivity index (χ1n) is 9.10. The molecule has 0 radical (unpaired) electrons. The SMILES string of the molecule is O=C(NNC(=O)C1CCCCC1)c1ccc(CN2CCCC2=O)cc1. The number of amides is 3. The molecule has 25 heavy (non-hydrogen) atoms. The monoisotopic (exact) mass is 343 g/mol. The van der Waals surface area contributed by atoms with Crippen LogP contribution >= 0.6 is 0 Å². The van der Waals surface area contributed by atoms with Crippen LogP contribution in [0.5, 0.6) is 0 Å². The van der Waals surface area contributed by atoms with E-state index in [9.17, 15) is 14.4 Å². The highest BCUT2D eigenvalue weighted by atomic mass is 16.2. The third-order valence-electron chi connectivity index (χ3n) is 5.04. The molecule has 0 spiro atoms.